The number of rotatable bonds is 3. The van der Waals surface area contributed by atoms with Crippen LogP contribution in [0.5, 0.6) is 5.75 Å². The number of benzene rings is 1. The van der Waals surface area contributed by atoms with E-state index in [4.69, 9.17) is 9.47 Å². The lowest BCUT2D eigenvalue weighted by Crippen LogP contribution is -2.38. The van der Waals surface area contributed by atoms with Crippen molar-refractivity contribution in [1.29, 1.82) is 0 Å². The van der Waals surface area contributed by atoms with Crippen molar-refractivity contribution in [2.24, 2.45) is 0 Å². The van der Waals surface area contributed by atoms with Gasteiger partial charge in [-0.3, -0.25) is 4.90 Å². The van der Waals surface area contributed by atoms with Crippen LogP contribution in [0.4, 0.5) is 0 Å². The fourth-order valence-corrected chi connectivity index (χ4v) is 1.83. The third kappa shape index (κ3) is 3.48. The van der Waals surface area contributed by atoms with Crippen LogP contribution in [-0.4, -0.2) is 37.9 Å². The van der Waals surface area contributed by atoms with Crippen LogP contribution >= 0.6 is 15.9 Å². The van der Waals surface area contributed by atoms with Crippen molar-refractivity contribution in [3.05, 3.63) is 28.7 Å². The molecule has 1 heterocycles. The summed E-state index contributed by atoms with van der Waals surface area (Å²) < 4.78 is 12.0. The topological polar surface area (TPSA) is 21.7 Å². The highest BCUT2D eigenvalue weighted by molar-refractivity contribution is 9.10. The van der Waals surface area contributed by atoms with Gasteiger partial charge in [0, 0.05) is 17.6 Å². The summed E-state index contributed by atoms with van der Waals surface area (Å²) in [5.74, 6) is 0.899. The molecule has 1 aliphatic heterocycles. The number of nitrogens with zero attached hydrogens (tertiary/aromatic N) is 1. The van der Waals surface area contributed by atoms with E-state index >= 15 is 0 Å². The van der Waals surface area contributed by atoms with Crippen LogP contribution in [0, 0.1) is 0 Å². The molecule has 0 aliphatic carbocycles. The number of halogens is 1. The second kappa shape index (κ2) is 5.49. The normalized spacial score (nSPS) is 17.7. The third-order valence-corrected chi connectivity index (χ3v) is 2.81. The Bertz CT molecular complexity index is 313. The van der Waals surface area contributed by atoms with Crippen molar-refractivity contribution in [3.63, 3.8) is 0 Å². The van der Waals surface area contributed by atoms with Gasteiger partial charge < -0.3 is 9.47 Å². The summed E-state index contributed by atoms with van der Waals surface area (Å²) in [4.78, 5) is 2.24. The van der Waals surface area contributed by atoms with E-state index in [0.29, 0.717) is 6.73 Å². The molecule has 0 unspecified atom stereocenters. The van der Waals surface area contributed by atoms with E-state index in [1.807, 2.05) is 24.3 Å². The van der Waals surface area contributed by atoms with Gasteiger partial charge >= 0.3 is 0 Å². The van der Waals surface area contributed by atoms with Gasteiger partial charge in [0.05, 0.1) is 13.2 Å². The standard InChI is InChI=1S/C11H14BrNO2/c12-10-2-1-3-11(8-10)15-9-13-4-6-14-7-5-13/h1-3,8H,4-7,9H2. The van der Waals surface area contributed by atoms with Crippen molar-refractivity contribution in [2.75, 3.05) is 33.0 Å². The second-order valence-electron chi connectivity index (χ2n) is 3.46. The molecule has 0 bridgehead atoms. The summed E-state index contributed by atoms with van der Waals surface area (Å²) in [6, 6.07) is 7.89. The minimum atomic E-state index is 0.639. The molecule has 1 fully saturated rings. The van der Waals surface area contributed by atoms with Crippen molar-refractivity contribution < 1.29 is 9.47 Å². The predicted octanol–water partition coefficient (Wildman–Crippen LogP) is 2.12. The highest BCUT2D eigenvalue weighted by atomic mass is 79.9. The van der Waals surface area contributed by atoms with Crippen molar-refractivity contribution >= 4 is 15.9 Å². The quantitative estimate of drug-likeness (QED) is 0.841. The summed E-state index contributed by atoms with van der Waals surface area (Å²) >= 11 is 3.41. The average Bonchev–Trinajstić information content (AvgIpc) is 2.28. The van der Waals surface area contributed by atoms with Gasteiger partial charge in [-0.15, -0.1) is 0 Å². The highest BCUT2D eigenvalue weighted by Gasteiger charge is 2.10. The molecule has 2 rings (SSSR count). The molecule has 1 aromatic rings. The lowest BCUT2D eigenvalue weighted by atomic mass is 10.3. The molecule has 1 aromatic carbocycles. The van der Waals surface area contributed by atoms with Gasteiger partial charge in [0.2, 0.25) is 0 Å². The average molecular weight is 272 g/mol. The lowest BCUT2D eigenvalue weighted by molar-refractivity contribution is 0.00406. The summed E-state index contributed by atoms with van der Waals surface area (Å²) in [7, 11) is 0. The van der Waals surface area contributed by atoms with E-state index in [2.05, 4.69) is 20.8 Å². The van der Waals surface area contributed by atoms with Gasteiger partial charge in [-0.25, -0.2) is 0 Å². The fourth-order valence-electron chi connectivity index (χ4n) is 1.45. The van der Waals surface area contributed by atoms with Gasteiger partial charge in [-0.05, 0) is 18.2 Å². The maximum Gasteiger partial charge on any atom is 0.142 e. The first-order valence-corrected chi connectivity index (χ1v) is 5.82. The first kappa shape index (κ1) is 10.9. The Balaban J connectivity index is 1.81. The van der Waals surface area contributed by atoms with E-state index in [9.17, 15) is 0 Å². The van der Waals surface area contributed by atoms with Crippen LogP contribution in [0.3, 0.4) is 0 Å². The molecule has 0 amide bonds. The first-order chi connectivity index (χ1) is 7.34. The summed E-state index contributed by atoms with van der Waals surface area (Å²) in [5, 5.41) is 0. The van der Waals surface area contributed by atoms with Gasteiger partial charge in [0.1, 0.15) is 12.5 Å². The van der Waals surface area contributed by atoms with Crippen LogP contribution in [0.15, 0.2) is 28.7 Å². The Morgan fingerprint density at radius 1 is 1.33 bits per heavy atom. The van der Waals surface area contributed by atoms with E-state index in [1.165, 1.54) is 0 Å². The minimum Gasteiger partial charge on any atom is -0.478 e. The Morgan fingerprint density at radius 3 is 2.87 bits per heavy atom. The molecule has 82 valence electrons. The molecule has 1 aliphatic rings. The smallest absolute Gasteiger partial charge is 0.142 e. The number of morpholine rings is 1. The molecular weight excluding hydrogens is 258 g/mol. The molecule has 0 spiro atoms. The molecular formula is C11H14BrNO2. The van der Waals surface area contributed by atoms with E-state index < -0.39 is 0 Å². The summed E-state index contributed by atoms with van der Waals surface area (Å²) in [6.07, 6.45) is 0. The highest BCUT2D eigenvalue weighted by Crippen LogP contribution is 2.17. The molecule has 0 N–H and O–H groups in total. The van der Waals surface area contributed by atoms with Crippen LogP contribution in [0.1, 0.15) is 0 Å². The zero-order chi connectivity index (χ0) is 10.5. The minimum absolute atomic E-state index is 0.639. The third-order valence-electron chi connectivity index (χ3n) is 2.31. The zero-order valence-electron chi connectivity index (χ0n) is 8.49. The second-order valence-corrected chi connectivity index (χ2v) is 4.38. The SMILES string of the molecule is Brc1cccc(OCN2CCOCC2)c1. The Morgan fingerprint density at radius 2 is 2.13 bits per heavy atom. The number of hydrogen-bond acceptors (Lipinski definition) is 3. The molecule has 15 heavy (non-hydrogen) atoms. The van der Waals surface area contributed by atoms with Crippen LogP contribution in [-0.2, 0) is 4.74 Å². The van der Waals surface area contributed by atoms with Gasteiger partial charge in [0.25, 0.3) is 0 Å². The number of ether oxygens (including phenoxy) is 2. The summed E-state index contributed by atoms with van der Waals surface area (Å²) in [6.45, 7) is 4.16. The maximum absolute atomic E-state index is 5.67. The molecule has 0 atom stereocenters. The Labute approximate surface area is 98.1 Å². The maximum atomic E-state index is 5.67. The van der Waals surface area contributed by atoms with Gasteiger partial charge in [-0.1, -0.05) is 22.0 Å². The molecule has 3 nitrogen and oxygen atoms in total. The molecule has 1 saturated heterocycles. The predicted molar refractivity (Wildman–Crippen MR) is 62.0 cm³/mol. The van der Waals surface area contributed by atoms with Crippen LogP contribution in [0.25, 0.3) is 0 Å². The first-order valence-electron chi connectivity index (χ1n) is 5.03. The Kier molecular flexibility index (Phi) is 4.00. The molecule has 0 aromatic heterocycles. The van der Waals surface area contributed by atoms with E-state index in [1.54, 1.807) is 0 Å². The van der Waals surface area contributed by atoms with Crippen molar-refractivity contribution in [2.45, 2.75) is 0 Å². The molecule has 4 heteroatoms. The number of hydrogen-bond donors (Lipinski definition) is 0. The zero-order valence-corrected chi connectivity index (χ0v) is 10.1. The molecule has 0 radical (unpaired) electrons. The van der Waals surface area contributed by atoms with Crippen LogP contribution in [0.2, 0.25) is 0 Å². The Hall–Kier alpha value is -0.580. The lowest BCUT2D eigenvalue weighted by Gasteiger charge is -2.26. The largest absolute Gasteiger partial charge is 0.478 e. The summed E-state index contributed by atoms with van der Waals surface area (Å²) in [5.41, 5.74) is 0. The molecule has 0 saturated carbocycles. The van der Waals surface area contributed by atoms with Gasteiger partial charge in [0.15, 0.2) is 0 Å². The van der Waals surface area contributed by atoms with Gasteiger partial charge in [-0.2, -0.15) is 0 Å². The fraction of sp³-hybridized carbons (Fsp3) is 0.455. The monoisotopic (exact) mass is 271 g/mol. The van der Waals surface area contributed by atoms with Crippen LogP contribution < -0.4 is 4.74 Å². The van der Waals surface area contributed by atoms with Crippen molar-refractivity contribution in [1.82, 2.24) is 4.90 Å². The van der Waals surface area contributed by atoms with Crippen molar-refractivity contribution in [3.8, 4) is 5.75 Å². The van der Waals surface area contributed by atoms with E-state index in [-0.39, 0.29) is 0 Å². The van der Waals surface area contributed by atoms with E-state index in [0.717, 1.165) is 36.5 Å².